The van der Waals surface area contributed by atoms with Crippen molar-refractivity contribution in [1.82, 2.24) is 15.1 Å². The maximum absolute atomic E-state index is 11.6. The Kier molecular flexibility index (Phi) is 4.68. The lowest BCUT2D eigenvalue weighted by molar-refractivity contribution is 0.396. The first kappa shape index (κ1) is 12.9. The highest BCUT2D eigenvalue weighted by Gasteiger charge is 2.06. The lowest BCUT2D eigenvalue weighted by atomic mass is 10.1. The van der Waals surface area contributed by atoms with Gasteiger partial charge in [0.25, 0.3) is 5.56 Å². The Labute approximate surface area is 96.7 Å². The molecule has 0 bridgehead atoms. The van der Waals surface area contributed by atoms with E-state index < -0.39 is 0 Å². The van der Waals surface area contributed by atoms with Gasteiger partial charge >= 0.3 is 0 Å². The van der Waals surface area contributed by atoms with E-state index in [-0.39, 0.29) is 5.56 Å². The van der Waals surface area contributed by atoms with Crippen LogP contribution in [0.2, 0.25) is 0 Å². The average Bonchev–Trinajstić information content (AvgIpc) is 2.19. The van der Waals surface area contributed by atoms with Crippen molar-refractivity contribution in [2.45, 2.75) is 40.3 Å². The third kappa shape index (κ3) is 4.14. The largest absolute Gasteiger partial charge is 0.314 e. The van der Waals surface area contributed by atoms with Gasteiger partial charge in [0, 0.05) is 18.7 Å². The van der Waals surface area contributed by atoms with Crippen LogP contribution in [-0.2, 0) is 6.54 Å². The van der Waals surface area contributed by atoms with Crippen LogP contribution in [0.3, 0.4) is 0 Å². The molecule has 90 valence electrons. The Morgan fingerprint density at radius 2 is 2.12 bits per heavy atom. The van der Waals surface area contributed by atoms with E-state index in [1.165, 1.54) is 4.68 Å². The van der Waals surface area contributed by atoms with Crippen LogP contribution < -0.4 is 10.9 Å². The van der Waals surface area contributed by atoms with E-state index in [1.807, 2.05) is 6.92 Å². The van der Waals surface area contributed by atoms with Gasteiger partial charge in [0.2, 0.25) is 0 Å². The Balaban J connectivity index is 2.56. The summed E-state index contributed by atoms with van der Waals surface area (Å²) < 4.78 is 1.53. The van der Waals surface area contributed by atoms with Gasteiger partial charge in [0.05, 0.1) is 6.20 Å². The van der Waals surface area contributed by atoms with Crippen molar-refractivity contribution < 1.29 is 0 Å². The van der Waals surface area contributed by atoms with Gasteiger partial charge in [-0.15, -0.1) is 0 Å². The van der Waals surface area contributed by atoms with Crippen molar-refractivity contribution in [3.63, 3.8) is 0 Å². The fourth-order valence-corrected chi connectivity index (χ4v) is 1.46. The molecule has 0 aliphatic rings. The molecule has 1 heterocycles. The van der Waals surface area contributed by atoms with E-state index in [9.17, 15) is 4.79 Å². The number of rotatable bonds is 5. The minimum Gasteiger partial charge on any atom is -0.314 e. The molecule has 0 aromatic carbocycles. The second-order valence-corrected chi connectivity index (χ2v) is 4.72. The van der Waals surface area contributed by atoms with Crippen molar-refractivity contribution in [3.05, 3.63) is 28.2 Å². The molecular formula is C12H21N3O. The standard InChI is InChI=1S/C12H21N3O/c1-9(2)13-6-11(4)8-15-12(16)5-10(3)7-14-15/h5,7,9,11,13H,6,8H2,1-4H3. The molecule has 1 aromatic heterocycles. The Hall–Kier alpha value is -1.16. The lowest BCUT2D eigenvalue weighted by Gasteiger charge is -2.15. The second kappa shape index (κ2) is 5.80. The first-order valence-corrected chi connectivity index (χ1v) is 5.76. The van der Waals surface area contributed by atoms with Gasteiger partial charge in [0.15, 0.2) is 0 Å². The molecule has 4 nitrogen and oxygen atoms in total. The highest BCUT2D eigenvalue weighted by Crippen LogP contribution is 1.97. The lowest BCUT2D eigenvalue weighted by Crippen LogP contribution is -2.32. The quantitative estimate of drug-likeness (QED) is 0.815. The predicted molar refractivity (Wildman–Crippen MR) is 65.5 cm³/mol. The summed E-state index contributed by atoms with van der Waals surface area (Å²) >= 11 is 0. The van der Waals surface area contributed by atoms with Gasteiger partial charge in [-0.05, 0) is 24.9 Å². The van der Waals surface area contributed by atoms with Crippen LogP contribution in [-0.4, -0.2) is 22.4 Å². The van der Waals surface area contributed by atoms with E-state index in [4.69, 9.17) is 0 Å². The van der Waals surface area contributed by atoms with E-state index in [2.05, 4.69) is 31.2 Å². The maximum atomic E-state index is 11.6. The summed E-state index contributed by atoms with van der Waals surface area (Å²) in [6, 6.07) is 2.10. The van der Waals surface area contributed by atoms with Gasteiger partial charge < -0.3 is 5.32 Å². The number of aromatic nitrogens is 2. The third-order valence-corrected chi connectivity index (χ3v) is 2.37. The molecular weight excluding hydrogens is 202 g/mol. The molecule has 1 rings (SSSR count). The van der Waals surface area contributed by atoms with Crippen molar-refractivity contribution in [2.24, 2.45) is 5.92 Å². The summed E-state index contributed by atoms with van der Waals surface area (Å²) in [5.41, 5.74) is 0.894. The fraction of sp³-hybridized carbons (Fsp3) is 0.667. The van der Waals surface area contributed by atoms with Gasteiger partial charge in [-0.25, -0.2) is 4.68 Å². The van der Waals surface area contributed by atoms with Crippen LogP contribution in [0.5, 0.6) is 0 Å². The zero-order valence-electron chi connectivity index (χ0n) is 10.5. The minimum absolute atomic E-state index is 0.0172. The predicted octanol–water partition coefficient (Wildman–Crippen LogP) is 1.19. The Morgan fingerprint density at radius 1 is 1.44 bits per heavy atom. The van der Waals surface area contributed by atoms with E-state index >= 15 is 0 Å². The highest BCUT2D eigenvalue weighted by atomic mass is 16.1. The summed E-state index contributed by atoms with van der Waals surface area (Å²) in [4.78, 5) is 11.6. The number of hydrogen-bond donors (Lipinski definition) is 1. The van der Waals surface area contributed by atoms with Crippen LogP contribution in [0.25, 0.3) is 0 Å². The summed E-state index contributed by atoms with van der Waals surface area (Å²) in [5, 5.41) is 7.47. The van der Waals surface area contributed by atoms with E-state index in [0.717, 1.165) is 12.1 Å². The molecule has 1 atom stereocenters. The van der Waals surface area contributed by atoms with E-state index in [0.29, 0.717) is 18.5 Å². The zero-order chi connectivity index (χ0) is 12.1. The first-order valence-electron chi connectivity index (χ1n) is 5.76. The smallest absolute Gasteiger partial charge is 0.266 e. The Morgan fingerprint density at radius 3 is 2.69 bits per heavy atom. The normalized spacial score (nSPS) is 13.1. The van der Waals surface area contributed by atoms with Gasteiger partial charge in [-0.1, -0.05) is 20.8 Å². The SMILES string of the molecule is Cc1cnn(CC(C)CNC(C)C)c(=O)c1. The molecule has 1 N–H and O–H groups in total. The molecule has 0 spiro atoms. The van der Waals surface area contributed by atoms with Gasteiger partial charge in [-0.2, -0.15) is 5.10 Å². The van der Waals surface area contributed by atoms with Crippen molar-refractivity contribution >= 4 is 0 Å². The molecule has 0 saturated carbocycles. The molecule has 1 unspecified atom stereocenters. The number of aryl methyl sites for hydroxylation is 1. The molecule has 0 radical (unpaired) electrons. The molecule has 16 heavy (non-hydrogen) atoms. The summed E-state index contributed by atoms with van der Waals surface area (Å²) in [5.74, 6) is 0.398. The topological polar surface area (TPSA) is 46.9 Å². The van der Waals surface area contributed by atoms with Crippen LogP contribution in [0.1, 0.15) is 26.3 Å². The zero-order valence-corrected chi connectivity index (χ0v) is 10.5. The van der Waals surface area contributed by atoms with Crippen LogP contribution in [0.15, 0.2) is 17.1 Å². The van der Waals surface area contributed by atoms with Crippen LogP contribution in [0.4, 0.5) is 0 Å². The molecule has 0 aliphatic carbocycles. The molecule has 1 aromatic rings. The number of nitrogens with one attached hydrogen (secondary N) is 1. The number of nitrogens with zero attached hydrogens (tertiary/aromatic N) is 2. The van der Waals surface area contributed by atoms with Crippen molar-refractivity contribution in [3.8, 4) is 0 Å². The molecule has 4 heteroatoms. The first-order chi connectivity index (χ1) is 7.49. The highest BCUT2D eigenvalue weighted by molar-refractivity contribution is 5.02. The molecule has 0 amide bonds. The average molecular weight is 223 g/mol. The molecule has 0 saturated heterocycles. The van der Waals surface area contributed by atoms with Gasteiger partial charge in [0.1, 0.15) is 0 Å². The summed E-state index contributed by atoms with van der Waals surface area (Å²) in [7, 11) is 0. The summed E-state index contributed by atoms with van der Waals surface area (Å²) in [6.45, 7) is 9.79. The van der Waals surface area contributed by atoms with Crippen LogP contribution >= 0.6 is 0 Å². The Bertz CT molecular complexity index is 384. The number of hydrogen-bond acceptors (Lipinski definition) is 3. The van der Waals surface area contributed by atoms with Crippen LogP contribution in [0, 0.1) is 12.8 Å². The second-order valence-electron chi connectivity index (χ2n) is 4.72. The fourth-order valence-electron chi connectivity index (χ4n) is 1.46. The van der Waals surface area contributed by atoms with Gasteiger partial charge in [-0.3, -0.25) is 4.79 Å². The molecule has 0 aliphatic heterocycles. The minimum atomic E-state index is -0.0172. The maximum Gasteiger partial charge on any atom is 0.266 e. The monoisotopic (exact) mass is 223 g/mol. The van der Waals surface area contributed by atoms with Crippen molar-refractivity contribution in [2.75, 3.05) is 6.54 Å². The van der Waals surface area contributed by atoms with E-state index in [1.54, 1.807) is 12.3 Å². The van der Waals surface area contributed by atoms with Crippen molar-refractivity contribution in [1.29, 1.82) is 0 Å². The molecule has 0 fully saturated rings. The third-order valence-electron chi connectivity index (χ3n) is 2.37. The summed E-state index contributed by atoms with van der Waals surface area (Å²) in [6.07, 6.45) is 1.73.